The minimum Gasteiger partial charge on any atom is -0.482 e. The number of aliphatic carboxylic acids is 1. The number of fused-ring (bicyclic) bond motifs is 1. The van der Waals surface area contributed by atoms with Crippen LogP contribution in [0.5, 0.6) is 5.75 Å². The first-order valence-corrected chi connectivity index (χ1v) is 8.68. The fourth-order valence-corrected chi connectivity index (χ4v) is 3.05. The predicted molar refractivity (Wildman–Crippen MR) is 93.9 cm³/mol. The van der Waals surface area contributed by atoms with E-state index in [4.69, 9.17) is 14.6 Å². The molecule has 1 N–H and O–H groups in total. The monoisotopic (exact) mass is 349 g/mol. The topological polar surface area (TPSA) is 76.1 Å². The summed E-state index contributed by atoms with van der Waals surface area (Å²) in [6.45, 7) is 7.90. The Labute approximate surface area is 148 Å². The number of hydrogen-bond donors (Lipinski definition) is 1. The summed E-state index contributed by atoms with van der Waals surface area (Å²) in [6, 6.07) is 5.55. The van der Waals surface area contributed by atoms with Gasteiger partial charge in [-0.3, -0.25) is 0 Å². The molecule has 2 rings (SSSR count). The van der Waals surface area contributed by atoms with Crippen molar-refractivity contribution in [3.63, 3.8) is 0 Å². The van der Waals surface area contributed by atoms with Crippen LogP contribution in [0.15, 0.2) is 18.2 Å². The van der Waals surface area contributed by atoms with Crippen LogP contribution in [0, 0.1) is 0 Å². The van der Waals surface area contributed by atoms with Gasteiger partial charge in [0, 0.05) is 6.54 Å². The van der Waals surface area contributed by atoms with Crippen molar-refractivity contribution >= 4 is 12.1 Å². The number of carboxylic acids is 1. The van der Waals surface area contributed by atoms with Gasteiger partial charge in [0.25, 0.3) is 0 Å². The summed E-state index contributed by atoms with van der Waals surface area (Å²) in [7, 11) is 0. The molecule has 6 nitrogen and oxygen atoms in total. The van der Waals surface area contributed by atoms with Crippen LogP contribution < -0.4 is 4.74 Å². The lowest BCUT2D eigenvalue weighted by Gasteiger charge is -2.38. The number of carboxylic acid groups (broad SMARTS) is 1. The van der Waals surface area contributed by atoms with E-state index in [2.05, 4.69) is 6.92 Å². The van der Waals surface area contributed by atoms with Crippen molar-refractivity contribution in [1.29, 1.82) is 0 Å². The molecular formula is C19H27NO5. The van der Waals surface area contributed by atoms with Crippen molar-refractivity contribution in [3.8, 4) is 5.75 Å². The lowest BCUT2D eigenvalue weighted by atomic mass is 9.90. The van der Waals surface area contributed by atoms with Gasteiger partial charge in [0.2, 0.25) is 0 Å². The van der Waals surface area contributed by atoms with Crippen molar-refractivity contribution < 1.29 is 24.2 Å². The van der Waals surface area contributed by atoms with E-state index in [9.17, 15) is 9.59 Å². The van der Waals surface area contributed by atoms with E-state index < -0.39 is 11.6 Å². The van der Waals surface area contributed by atoms with Crippen LogP contribution in [0.25, 0.3) is 0 Å². The molecule has 1 aromatic rings. The smallest absolute Gasteiger partial charge is 0.410 e. The third-order valence-corrected chi connectivity index (χ3v) is 4.02. The SMILES string of the molecule is CCCC1c2ccc(OCC(=O)O)cc2CCN1C(=O)OC(C)(C)C. The Kier molecular flexibility index (Phi) is 5.93. The molecule has 0 spiro atoms. The number of rotatable bonds is 5. The molecule has 1 atom stereocenters. The van der Waals surface area contributed by atoms with Crippen LogP contribution in [0.1, 0.15) is 57.7 Å². The molecule has 6 heteroatoms. The van der Waals surface area contributed by atoms with Crippen molar-refractivity contribution in [2.24, 2.45) is 0 Å². The Morgan fingerprint density at radius 2 is 2.04 bits per heavy atom. The summed E-state index contributed by atoms with van der Waals surface area (Å²) in [5, 5.41) is 8.73. The molecule has 1 aromatic carbocycles. The van der Waals surface area contributed by atoms with Crippen LogP contribution in [0.3, 0.4) is 0 Å². The third-order valence-electron chi connectivity index (χ3n) is 4.02. The zero-order valence-electron chi connectivity index (χ0n) is 15.4. The normalized spacial score (nSPS) is 17.0. The average molecular weight is 349 g/mol. The highest BCUT2D eigenvalue weighted by Gasteiger charge is 2.33. The molecule has 0 saturated carbocycles. The van der Waals surface area contributed by atoms with E-state index in [-0.39, 0.29) is 18.7 Å². The summed E-state index contributed by atoms with van der Waals surface area (Å²) in [5.74, 6) is -0.459. The summed E-state index contributed by atoms with van der Waals surface area (Å²) >= 11 is 0. The molecule has 138 valence electrons. The number of hydrogen-bond acceptors (Lipinski definition) is 4. The van der Waals surface area contributed by atoms with Crippen LogP contribution >= 0.6 is 0 Å². The number of benzene rings is 1. The first-order valence-electron chi connectivity index (χ1n) is 8.68. The quantitative estimate of drug-likeness (QED) is 0.875. The maximum Gasteiger partial charge on any atom is 0.410 e. The largest absolute Gasteiger partial charge is 0.482 e. The van der Waals surface area contributed by atoms with Gasteiger partial charge in [0.15, 0.2) is 6.61 Å². The second kappa shape index (κ2) is 7.76. The Morgan fingerprint density at radius 3 is 2.64 bits per heavy atom. The van der Waals surface area contributed by atoms with Gasteiger partial charge in [0.05, 0.1) is 6.04 Å². The maximum absolute atomic E-state index is 12.6. The van der Waals surface area contributed by atoms with Gasteiger partial charge in [-0.15, -0.1) is 0 Å². The molecule has 25 heavy (non-hydrogen) atoms. The fourth-order valence-electron chi connectivity index (χ4n) is 3.05. The third kappa shape index (κ3) is 5.11. The molecule has 0 aromatic heterocycles. The van der Waals surface area contributed by atoms with E-state index in [0.29, 0.717) is 18.7 Å². The second-order valence-electron chi connectivity index (χ2n) is 7.27. The van der Waals surface area contributed by atoms with Crippen LogP contribution in [0.2, 0.25) is 0 Å². The molecule has 1 heterocycles. The molecule has 0 radical (unpaired) electrons. The lowest BCUT2D eigenvalue weighted by molar-refractivity contribution is -0.139. The van der Waals surface area contributed by atoms with E-state index in [1.165, 1.54) is 0 Å². The Balaban J connectivity index is 2.22. The van der Waals surface area contributed by atoms with Crippen molar-refractivity contribution in [2.45, 2.75) is 58.6 Å². The van der Waals surface area contributed by atoms with Crippen molar-refractivity contribution in [2.75, 3.05) is 13.2 Å². The Morgan fingerprint density at radius 1 is 1.32 bits per heavy atom. The Hall–Kier alpha value is -2.24. The van der Waals surface area contributed by atoms with E-state index >= 15 is 0 Å². The maximum atomic E-state index is 12.6. The number of nitrogens with zero attached hydrogens (tertiary/aromatic N) is 1. The number of carbonyl (C=O) groups excluding carboxylic acids is 1. The van der Waals surface area contributed by atoms with E-state index in [0.717, 1.165) is 24.0 Å². The molecule has 1 aliphatic heterocycles. The molecule has 0 bridgehead atoms. The minimum absolute atomic E-state index is 0.0304. The number of carbonyl (C=O) groups is 2. The van der Waals surface area contributed by atoms with Gasteiger partial charge in [-0.25, -0.2) is 9.59 Å². The standard InChI is InChI=1S/C19H27NO5/c1-5-6-16-15-8-7-14(24-12-17(21)22)11-13(15)9-10-20(16)18(23)25-19(2,3)4/h7-8,11,16H,5-6,9-10,12H2,1-4H3,(H,21,22). The predicted octanol–water partition coefficient (Wildman–Crippen LogP) is 3.78. The molecular weight excluding hydrogens is 322 g/mol. The van der Waals surface area contributed by atoms with Gasteiger partial charge in [-0.1, -0.05) is 19.4 Å². The van der Waals surface area contributed by atoms with Gasteiger partial charge in [-0.2, -0.15) is 0 Å². The number of ether oxygens (including phenoxy) is 2. The highest BCUT2D eigenvalue weighted by atomic mass is 16.6. The molecule has 1 unspecified atom stereocenters. The number of amides is 1. The summed E-state index contributed by atoms with van der Waals surface area (Å²) < 4.78 is 10.8. The van der Waals surface area contributed by atoms with Gasteiger partial charge < -0.3 is 19.5 Å². The van der Waals surface area contributed by atoms with Crippen molar-refractivity contribution in [3.05, 3.63) is 29.3 Å². The lowest BCUT2D eigenvalue weighted by Crippen LogP contribution is -2.43. The summed E-state index contributed by atoms with van der Waals surface area (Å²) in [6.07, 6.45) is 2.20. The van der Waals surface area contributed by atoms with Crippen molar-refractivity contribution in [1.82, 2.24) is 4.90 Å². The van der Waals surface area contributed by atoms with Gasteiger partial charge in [0.1, 0.15) is 11.4 Å². The molecule has 1 aliphatic rings. The summed E-state index contributed by atoms with van der Waals surface area (Å²) in [4.78, 5) is 25.0. The zero-order valence-corrected chi connectivity index (χ0v) is 15.4. The molecule has 0 aliphatic carbocycles. The molecule has 0 saturated heterocycles. The summed E-state index contributed by atoms with van der Waals surface area (Å²) in [5.41, 5.74) is 1.66. The van der Waals surface area contributed by atoms with E-state index in [1.807, 2.05) is 32.9 Å². The zero-order chi connectivity index (χ0) is 18.6. The first kappa shape index (κ1) is 19.1. The van der Waals surface area contributed by atoms with Gasteiger partial charge >= 0.3 is 12.1 Å². The van der Waals surface area contributed by atoms with Crippen LogP contribution in [-0.4, -0.2) is 40.8 Å². The average Bonchev–Trinajstić information content (AvgIpc) is 2.51. The first-order chi connectivity index (χ1) is 11.7. The Bertz CT molecular complexity index is 635. The van der Waals surface area contributed by atoms with Crippen LogP contribution in [0.4, 0.5) is 4.79 Å². The highest BCUT2D eigenvalue weighted by molar-refractivity contribution is 5.70. The molecule has 0 fully saturated rings. The van der Waals surface area contributed by atoms with Crippen LogP contribution in [-0.2, 0) is 16.0 Å². The second-order valence-corrected chi connectivity index (χ2v) is 7.27. The van der Waals surface area contributed by atoms with Gasteiger partial charge in [-0.05, 0) is 56.9 Å². The molecule has 1 amide bonds. The highest BCUT2D eigenvalue weighted by Crippen LogP contribution is 2.36. The minimum atomic E-state index is -1.00. The van der Waals surface area contributed by atoms with E-state index in [1.54, 1.807) is 11.0 Å². The fraction of sp³-hybridized carbons (Fsp3) is 0.579.